The van der Waals surface area contributed by atoms with Crippen molar-refractivity contribution in [3.8, 4) is 57.1 Å². The molecule has 0 fully saturated rings. The molecule has 18 aromatic rings. The van der Waals surface area contributed by atoms with Crippen molar-refractivity contribution in [3.63, 3.8) is 0 Å². The minimum atomic E-state index is -0.448. The first kappa shape index (κ1) is 99.1. The summed E-state index contributed by atoms with van der Waals surface area (Å²) >= 11 is 43.8. The maximum atomic E-state index is 6.44. The van der Waals surface area contributed by atoms with Crippen molar-refractivity contribution in [2.45, 2.75) is 6.92 Å². The summed E-state index contributed by atoms with van der Waals surface area (Å²) in [4.78, 5) is 21.3. The number of aromatic nitrogens is 4. The molecule has 32 heteroatoms. The molecule has 4 aromatic heterocycles. The summed E-state index contributed by atoms with van der Waals surface area (Å²) in [6, 6.07) is 112. The smallest absolute Gasteiger partial charge is 0.235 e. The zero-order valence-electron chi connectivity index (χ0n) is 60.9. The summed E-state index contributed by atoms with van der Waals surface area (Å²) in [5.74, 6) is 2.85. The van der Waals surface area contributed by atoms with E-state index in [-0.39, 0.29) is 29.6 Å². The summed E-state index contributed by atoms with van der Waals surface area (Å²) in [6.45, 7) is 1.65. The molecule has 4 heterocycles. The van der Waals surface area contributed by atoms with Gasteiger partial charge in [0.1, 0.15) is 22.3 Å². The fraction of sp³-hybridized carbons (Fsp3) is 0.0115. The van der Waals surface area contributed by atoms with Gasteiger partial charge in [-0.1, -0.05) is 218 Å². The van der Waals surface area contributed by atoms with Gasteiger partial charge in [0.05, 0.1) is 22.4 Å². The molecule has 0 saturated carbocycles. The summed E-state index contributed by atoms with van der Waals surface area (Å²) < 4.78 is 12.6. The van der Waals surface area contributed by atoms with Gasteiger partial charge >= 0.3 is 316 Å². The van der Waals surface area contributed by atoms with Crippen molar-refractivity contribution in [2.24, 2.45) is 0 Å². The number of hydrogen-bond acceptors (Lipinski definition) is 8. The van der Waals surface area contributed by atoms with Crippen LogP contribution in [-0.4, -0.2) is 19.9 Å². The Morgan fingerprint density at radius 1 is 0.345 bits per heavy atom. The third kappa shape index (κ3) is 26.0. The molecule has 0 aliphatic rings. The topological polar surface area (TPSA) is 93.1 Å². The van der Waals surface area contributed by atoms with Gasteiger partial charge in [-0.2, -0.15) is 0 Å². The Hall–Kier alpha value is 4.12. The number of halogens is 24. The van der Waals surface area contributed by atoms with Crippen molar-refractivity contribution < 1.29 is 30.6 Å². The van der Waals surface area contributed by atoms with E-state index in [0.717, 1.165) is 117 Å². The van der Waals surface area contributed by atoms with E-state index in [1.54, 1.807) is 6.92 Å². The van der Waals surface area contributed by atoms with Crippen LogP contribution >= 0.6 is 314 Å². The Labute approximate surface area is 865 Å². The quantitative estimate of drug-likeness (QED) is 0.0486. The van der Waals surface area contributed by atoms with Gasteiger partial charge in [0.25, 0.3) is 0 Å². The molecule has 0 amide bonds. The fourth-order valence-corrected chi connectivity index (χ4v) is 3580. The fourth-order valence-electron chi connectivity index (χ4n) is 12.6. The first-order valence-electron chi connectivity index (χ1n) is 34.8. The van der Waals surface area contributed by atoms with Gasteiger partial charge in [0, 0.05) is 74.8 Å². The standard InChI is InChI=1S/C42H27N3O.C24H13ClN2O.C18H15N.C3H4.I23.6H2/c1-3-11-28(12-4-1)29-19-22-34(23-20-29)45(33-15-5-2-6-16-33)42-43-38-18-10-9-17-36(38)41(44-42)32-21-24-35-37-25-30-13-7-8-14-31(30)26-40(37)46-39(35)27-32;25-24-26-20-8-4-3-7-18(20)23(27-24)16-9-10-17-19-11-14-5-1-2-6-15(14)12-22(19)28-21(17)13-16;1-3-7-15(8-4-1)16-11-13-18(14-12-16)19-17-9-5-2-6-10-17;1-3-2;1-13-15(4)17(6)19(8)21(10)23(12)22(11)20(9)18(7)16(5)14(2)3;;;;;;/h1-27H;1-13H;1-14,19H;1H,2H3;;6*1H/q;;;;-1;;;;;;. The van der Waals surface area contributed by atoms with Crippen LogP contribution in [0.25, 0.3) is 132 Å². The second-order valence-corrected chi connectivity index (χ2v) is 529. The molecule has 14 aromatic carbocycles. The van der Waals surface area contributed by atoms with E-state index in [4.69, 9.17) is 30.4 Å². The van der Waals surface area contributed by atoms with Crippen molar-refractivity contribution in [3.05, 3.63) is 333 Å². The van der Waals surface area contributed by atoms with Gasteiger partial charge in [0.15, 0.2) is 0 Å². The Kier molecular flexibility index (Phi) is 41.3. The van der Waals surface area contributed by atoms with Crippen LogP contribution in [0.5, 0.6) is 0 Å². The number of fused-ring (bicyclic) bond motifs is 10. The SMILES string of the molecule is C#CC.Clc1nc(-c2ccc3c(c2)oc2cc4ccccc4cc23)c2ccccc2n1.I[I-]I(I)I(I)I(I)I(I)I(I)I(I)I(I)I(I)I(I)I(I)I.[HH].[HH].[HH].[HH].[HH].[HH].c1ccc(-c2ccc(N(c3ccccc3)c3nc(-c4ccc5c(c4)oc4cc6ccccc6cc45)c4ccccc4n3)cc2)cc1.c1ccc(Nc2ccc(-c3ccccc3)cc2)cc1. The van der Waals surface area contributed by atoms with E-state index in [9.17, 15) is 0 Å². The van der Waals surface area contributed by atoms with Gasteiger partial charge in [0.2, 0.25) is 11.2 Å². The number of nitrogens with one attached hydrogen (secondary N) is 1. The molecule has 0 atom stereocenters. The van der Waals surface area contributed by atoms with E-state index in [1.807, 2.05) is 97.1 Å². The summed E-state index contributed by atoms with van der Waals surface area (Å²) in [5.41, 5.74) is 17.7. The third-order valence-corrected chi connectivity index (χ3v) is 1590. The predicted octanol–water partition coefficient (Wildman–Crippen LogP) is 42.2. The van der Waals surface area contributed by atoms with Gasteiger partial charge in [-0.25, -0.2) is 19.9 Å². The van der Waals surface area contributed by atoms with Gasteiger partial charge < -0.3 is 14.2 Å². The largest absolute Gasteiger partial charge is 0.456 e. The number of para-hydroxylation sites is 4. The zero-order valence-corrected chi connectivity index (χ0v) is 111. The second kappa shape index (κ2) is 49.6. The van der Waals surface area contributed by atoms with E-state index >= 15 is 0 Å². The summed E-state index contributed by atoms with van der Waals surface area (Å²) in [5, 5.41) is 14.7. The number of furan rings is 2. The van der Waals surface area contributed by atoms with Crippen LogP contribution < -0.4 is 23.5 Å². The molecule has 119 heavy (non-hydrogen) atoms. The molecule has 8 nitrogen and oxygen atoms in total. The number of hydrogen-bond donors (Lipinski definition) is 1. The van der Waals surface area contributed by atoms with Crippen molar-refractivity contribution in [1.82, 2.24) is 19.9 Å². The van der Waals surface area contributed by atoms with Crippen LogP contribution in [0.2, 0.25) is 5.28 Å². The van der Waals surface area contributed by atoms with Crippen LogP contribution in [0.15, 0.2) is 336 Å². The number of rotatable bonds is 19. The molecule has 0 bridgehead atoms. The van der Waals surface area contributed by atoms with E-state index in [2.05, 4.69) is 486 Å². The van der Waals surface area contributed by atoms with Gasteiger partial charge in [-0.05, 0) is 172 Å². The summed E-state index contributed by atoms with van der Waals surface area (Å²) in [6.07, 6.45) is 4.60. The van der Waals surface area contributed by atoms with Crippen LogP contribution in [0.3, 0.4) is 0 Å². The second-order valence-electron chi connectivity index (χ2n) is 24.7. The number of anilines is 5. The molecule has 0 aliphatic carbocycles. The number of terminal acetylenes is 1. The first-order chi connectivity index (χ1) is 57.8. The minimum Gasteiger partial charge on any atom is -0.456 e. The Morgan fingerprint density at radius 2 is 0.689 bits per heavy atom. The zero-order chi connectivity index (χ0) is 83.2. The van der Waals surface area contributed by atoms with E-state index in [0.29, 0.717) is 19.2 Å². The third-order valence-electron chi connectivity index (χ3n) is 17.7. The summed E-state index contributed by atoms with van der Waals surface area (Å²) in [7, 11) is -4.05. The van der Waals surface area contributed by atoms with Crippen molar-refractivity contribution >= 4 is 430 Å². The van der Waals surface area contributed by atoms with Crippen molar-refractivity contribution in [1.29, 1.82) is 0 Å². The molecule has 0 saturated heterocycles. The Balaban J connectivity index is 0.000000213. The normalized spacial score (nSPS) is 12.3. The van der Waals surface area contributed by atoms with Gasteiger partial charge in [-0.15, -0.1) is 12.3 Å². The molecular weight excluding hydrogens is 4120 g/mol. The first-order valence-corrected chi connectivity index (χ1v) is 173. The molecule has 0 radical (unpaired) electrons. The van der Waals surface area contributed by atoms with Gasteiger partial charge in [-0.3, -0.25) is 4.90 Å². The van der Waals surface area contributed by atoms with E-state index in [1.165, 1.54) is 38.2 Å². The monoisotopic (exact) mass is 4190 g/mol. The number of benzene rings is 14. The number of nitrogens with zero attached hydrogens (tertiary/aromatic N) is 5. The molecule has 0 spiro atoms. The molecule has 1 N–H and O–H groups in total. The van der Waals surface area contributed by atoms with E-state index < -0.39 is 63.2 Å². The average molecular weight is 4190 g/mol. The Morgan fingerprint density at radius 3 is 1.15 bits per heavy atom. The van der Waals surface area contributed by atoms with Crippen LogP contribution in [0.4, 0.5) is 28.7 Å². The maximum absolute atomic E-state index is 6.44. The predicted molar refractivity (Wildman–Crippen MR) is 722 cm³/mol. The van der Waals surface area contributed by atoms with Crippen molar-refractivity contribution in [2.75, 3.05) is 10.2 Å². The molecule has 18 rings (SSSR count). The Bertz CT molecular complexity index is 6580. The average Bonchev–Trinajstić information content (AvgIpc) is 1.73. The molecule has 630 valence electrons. The maximum Gasteiger partial charge on any atom is 0.235 e. The molecular formula is C87H71ClI23N6O2-. The molecule has 0 aliphatic heterocycles. The van der Waals surface area contributed by atoms with Crippen LogP contribution in [0.1, 0.15) is 15.5 Å². The molecule has 0 unspecified atom stereocenters. The van der Waals surface area contributed by atoms with Crippen LogP contribution in [-0.2, 0) is 0 Å². The van der Waals surface area contributed by atoms with Crippen LogP contribution in [0, 0.1) is 12.3 Å². The minimum absolute atomic E-state index is 0.